The van der Waals surface area contributed by atoms with Crippen LogP contribution in [0.25, 0.3) is 0 Å². The second-order valence-electron chi connectivity index (χ2n) is 7.79. The molecule has 28 heavy (non-hydrogen) atoms. The summed E-state index contributed by atoms with van der Waals surface area (Å²) in [6, 6.07) is 18.6. The molecule has 1 saturated heterocycles. The molecule has 2 atom stereocenters. The predicted octanol–water partition coefficient (Wildman–Crippen LogP) is 3.89. The fourth-order valence-corrected chi connectivity index (χ4v) is 4.19. The van der Waals surface area contributed by atoms with Crippen LogP contribution in [0.3, 0.4) is 0 Å². The third-order valence-electron chi connectivity index (χ3n) is 5.86. The van der Waals surface area contributed by atoms with Crippen molar-refractivity contribution in [1.29, 1.82) is 0 Å². The molecule has 150 valence electrons. The van der Waals surface area contributed by atoms with Gasteiger partial charge in [-0.05, 0) is 42.7 Å². The van der Waals surface area contributed by atoms with Crippen molar-refractivity contribution in [2.75, 3.05) is 25.0 Å². The zero-order valence-corrected chi connectivity index (χ0v) is 16.7. The lowest BCUT2D eigenvalue weighted by Gasteiger charge is -2.43. The van der Waals surface area contributed by atoms with Gasteiger partial charge in [-0.25, -0.2) is 0 Å². The second-order valence-corrected chi connectivity index (χ2v) is 7.79. The molecule has 1 heterocycles. The Morgan fingerprint density at radius 2 is 1.79 bits per heavy atom. The van der Waals surface area contributed by atoms with E-state index >= 15 is 0 Å². The van der Waals surface area contributed by atoms with Gasteiger partial charge < -0.3 is 15.1 Å². The van der Waals surface area contributed by atoms with E-state index in [1.54, 1.807) is 0 Å². The monoisotopic (exact) mass is 382 g/mol. The minimum Gasteiger partial charge on any atom is -0.481 e. The first-order chi connectivity index (χ1) is 13.5. The van der Waals surface area contributed by atoms with Gasteiger partial charge in [-0.3, -0.25) is 9.69 Å². The Kier molecular flexibility index (Phi) is 6.37. The molecule has 0 bridgehead atoms. The molecule has 0 aromatic heterocycles. The van der Waals surface area contributed by atoms with Crippen molar-refractivity contribution in [1.82, 2.24) is 4.90 Å². The Bertz CT molecular complexity index is 778. The number of anilines is 2. The van der Waals surface area contributed by atoms with Gasteiger partial charge in [-0.15, -0.1) is 0 Å². The first kappa shape index (κ1) is 20.4. The summed E-state index contributed by atoms with van der Waals surface area (Å²) in [5.74, 6) is -0.883. The van der Waals surface area contributed by atoms with Crippen molar-refractivity contribution in [3.63, 3.8) is 0 Å². The smallest absolute Gasteiger partial charge is 0.313 e. The first-order valence-corrected chi connectivity index (χ1v) is 9.98. The van der Waals surface area contributed by atoms with E-state index in [1.807, 2.05) is 32.2 Å². The van der Waals surface area contributed by atoms with Crippen LogP contribution < -0.4 is 4.90 Å². The van der Waals surface area contributed by atoms with Gasteiger partial charge in [-0.2, -0.15) is 0 Å². The number of hydrogen-bond acceptors (Lipinski definition) is 4. The molecule has 0 aliphatic carbocycles. The van der Waals surface area contributed by atoms with E-state index < -0.39 is 17.5 Å². The molecule has 1 aliphatic heterocycles. The number of benzene rings is 2. The maximum atomic E-state index is 11.9. The summed E-state index contributed by atoms with van der Waals surface area (Å²) < 4.78 is 0. The number of carboxylic acid groups (broad SMARTS) is 1. The van der Waals surface area contributed by atoms with Crippen molar-refractivity contribution in [2.24, 2.45) is 5.41 Å². The lowest BCUT2D eigenvalue weighted by atomic mass is 9.74. The maximum absolute atomic E-state index is 11.9. The summed E-state index contributed by atoms with van der Waals surface area (Å²) in [7, 11) is 2.04. The molecule has 2 N–H and O–H groups in total. The van der Waals surface area contributed by atoms with E-state index in [0.717, 1.165) is 23.4 Å². The van der Waals surface area contributed by atoms with Crippen LogP contribution in [0.5, 0.6) is 0 Å². The summed E-state index contributed by atoms with van der Waals surface area (Å²) >= 11 is 0. The van der Waals surface area contributed by atoms with Crippen molar-refractivity contribution >= 4 is 17.3 Å². The van der Waals surface area contributed by atoms with Crippen molar-refractivity contribution in [3.8, 4) is 0 Å². The van der Waals surface area contributed by atoms with Crippen LogP contribution in [0.1, 0.15) is 31.7 Å². The average Bonchev–Trinajstić information content (AvgIpc) is 2.71. The number of para-hydroxylation sites is 1. The average molecular weight is 383 g/mol. The quantitative estimate of drug-likeness (QED) is 0.761. The molecule has 0 amide bonds. The van der Waals surface area contributed by atoms with E-state index in [9.17, 15) is 15.0 Å². The van der Waals surface area contributed by atoms with Crippen LogP contribution in [-0.4, -0.2) is 47.3 Å². The minimum absolute atomic E-state index is 0.392. The van der Waals surface area contributed by atoms with Crippen molar-refractivity contribution < 1.29 is 15.0 Å². The van der Waals surface area contributed by atoms with Gasteiger partial charge in [0.05, 0.1) is 6.10 Å². The van der Waals surface area contributed by atoms with E-state index in [-0.39, 0.29) is 0 Å². The number of aliphatic hydroxyl groups is 1. The van der Waals surface area contributed by atoms with E-state index in [2.05, 4.69) is 46.2 Å². The van der Waals surface area contributed by atoms with Crippen LogP contribution >= 0.6 is 0 Å². The van der Waals surface area contributed by atoms with Crippen LogP contribution in [0, 0.1) is 5.41 Å². The lowest BCUT2D eigenvalue weighted by molar-refractivity contribution is -0.164. The predicted molar refractivity (Wildman–Crippen MR) is 112 cm³/mol. The van der Waals surface area contributed by atoms with Gasteiger partial charge in [0.1, 0.15) is 5.41 Å². The number of hydrogen-bond donors (Lipinski definition) is 2. The third-order valence-corrected chi connectivity index (χ3v) is 5.86. The number of aliphatic carboxylic acids is 1. The van der Waals surface area contributed by atoms with Gasteiger partial charge in [0, 0.05) is 38.1 Å². The van der Waals surface area contributed by atoms with Gasteiger partial charge in [0.25, 0.3) is 0 Å². The number of likely N-dealkylation sites (tertiary alicyclic amines) is 1. The highest BCUT2D eigenvalue weighted by Crippen LogP contribution is 2.36. The van der Waals surface area contributed by atoms with Crippen molar-refractivity contribution in [2.45, 2.75) is 38.8 Å². The number of carbonyl (C=O) groups is 1. The third kappa shape index (κ3) is 4.21. The van der Waals surface area contributed by atoms with Crippen LogP contribution in [0.15, 0.2) is 54.6 Å². The molecule has 1 fully saturated rings. The number of aliphatic hydroxyl groups excluding tert-OH is 1. The molecule has 0 radical (unpaired) electrons. The minimum atomic E-state index is -1.06. The molecular formula is C23H30N2O3. The highest BCUT2D eigenvalue weighted by molar-refractivity contribution is 5.76. The van der Waals surface area contributed by atoms with E-state index in [0.29, 0.717) is 32.5 Å². The molecule has 0 unspecified atom stereocenters. The second kappa shape index (κ2) is 8.76. The highest BCUT2D eigenvalue weighted by atomic mass is 16.4. The van der Waals surface area contributed by atoms with E-state index in [4.69, 9.17) is 0 Å². The number of nitrogens with zero attached hydrogens (tertiary/aromatic N) is 2. The Balaban J connectivity index is 1.69. The topological polar surface area (TPSA) is 64.0 Å². The summed E-state index contributed by atoms with van der Waals surface area (Å²) in [4.78, 5) is 16.2. The molecule has 2 aromatic carbocycles. The largest absolute Gasteiger partial charge is 0.481 e. The van der Waals surface area contributed by atoms with Gasteiger partial charge in [0.15, 0.2) is 0 Å². The Morgan fingerprint density at radius 1 is 1.14 bits per heavy atom. The number of piperidine rings is 1. The van der Waals surface area contributed by atoms with Crippen molar-refractivity contribution in [3.05, 3.63) is 60.2 Å². The molecule has 3 rings (SSSR count). The standard InChI is InChI=1S/C23H30N2O3/c1-3-14-23(22(27)28)17-25(15-13-21(23)26)16-18-9-11-20(12-10-18)24(2)19-7-5-4-6-8-19/h4-12,21,26H,3,13-17H2,1-2H3,(H,27,28)/t21-,23+/m1/s1. The summed E-state index contributed by atoms with van der Waals surface area (Å²) in [6.45, 7) is 3.77. The Morgan fingerprint density at radius 3 is 2.39 bits per heavy atom. The zero-order valence-electron chi connectivity index (χ0n) is 16.7. The molecule has 5 nitrogen and oxygen atoms in total. The number of rotatable bonds is 7. The Labute approximate surface area is 167 Å². The van der Waals surface area contributed by atoms with Crippen LogP contribution in [-0.2, 0) is 11.3 Å². The van der Waals surface area contributed by atoms with Gasteiger partial charge in [-0.1, -0.05) is 43.7 Å². The maximum Gasteiger partial charge on any atom is 0.313 e. The van der Waals surface area contributed by atoms with Crippen LogP contribution in [0.2, 0.25) is 0 Å². The van der Waals surface area contributed by atoms with Gasteiger partial charge >= 0.3 is 5.97 Å². The van der Waals surface area contributed by atoms with E-state index in [1.165, 1.54) is 0 Å². The molecule has 2 aromatic rings. The SMILES string of the molecule is CCC[C@]1(C(=O)O)CN(Cc2ccc(N(C)c3ccccc3)cc2)CC[C@H]1O. The molecule has 1 aliphatic rings. The fourth-order valence-electron chi connectivity index (χ4n) is 4.19. The summed E-state index contributed by atoms with van der Waals surface area (Å²) in [5.41, 5.74) is 2.33. The molecule has 0 spiro atoms. The fraction of sp³-hybridized carbons (Fsp3) is 0.435. The number of carboxylic acids is 1. The Hall–Kier alpha value is -2.37. The summed E-state index contributed by atoms with van der Waals surface area (Å²) in [6.07, 6.45) is 0.975. The van der Waals surface area contributed by atoms with Crippen LogP contribution in [0.4, 0.5) is 11.4 Å². The zero-order chi connectivity index (χ0) is 20.1. The summed E-state index contributed by atoms with van der Waals surface area (Å²) in [5, 5.41) is 20.2. The first-order valence-electron chi connectivity index (χ1n) is 9.98. The lowest BCUT2D eigenvalue weighted by Crippen LogP contribution is -2.55. The normalized spacial score (nSPS) is 22.8. The molecule has 5 heteroatoms. The van der Waals surface area contributed by atoms with Gasteiger partial charge in [0.2, 0.25) is 0 Å². The highest BCUT2D eigenvalue weighted by Gasteiger charge is 2.48. The molecular weight excluding hydrogens is 352 g/mol. The molecule has 0 saturated carbocycles.